The summed E-state index contributed by atoms with van der Waals surface area (Å²) in [7, 11) is 0. The molecule has 0 aromatic rings. The van der Waals surface area contributed by atoms with Gasteiger partial charge in [0.05, 0.1) is 0 Å². The first-order chi connectivity index (χ1) is 5.99. The van der Waals surface area contributed by atoms with Gasteiger partial charge in [0, 0.05) is 6.92 Å². The average Bonchev–Trinajstić information content (AvgIpc) is 2.01. The summed E-state index contributed by atoms with van der Waals surface area (Å²) in [6, 6.07) is 0. The van der Waals surface area contributed by atoms with E-state index in [0.29, 0.717) is 0 Å². The molecular weight excluding hydrogens is 176 g/mol. The topological polar surface area (TPSA) is 80.7 Å². The van der Waals surface area contributed by atoms with Crippen LogP contribution in [0.4, 0.5) is 0 Å². The summed E-state index contributed by atoms with van der Waals surface area (Å²) in [6.07, 6.45) is 0.994. The van der Waals surface area contributed by atoms with Gasteiger partial charge in [0.15, 0.2) is 12.4 Å². The predicted molar refractivity (Wildman–Crippen MR) is 43.0 cm³/mol. The zero-order chi connectivity index (χ0) is 10.4. The molecule has 0 amide bonds. The number of Topliss-reactive ketones (excluding diaryl/α,β-unsaturated/α-hetero) is 1. The smallest absolute Gasteiger partial charge is 0.318 e. The summed E-state index contributed by atoms with van der Waals surface area (Å²) in [4.78, 5) is 31.7. The van der Waals surface area contributed by atoms with Crippen LogP contribution in [0.25, 0.3) is 0 Å². The number of esters is 1. The van der Waals surface area contributed by atoms with Gasteiger partial charge in [-0.2, -0.15) is 0 Å². The van der Waals surface area contributed by atoms with Crippen molar-refractivity contribution in [1.29, 1.82) is 0 Å². The molecule has 13 heavy (non-hydrogen) atoms. The fraction of sp³-hybridized carbons (Fsp3) is 0.375. The maximum Gasteiger partial charge on any atom is 0.318 e. The number of carboxylic acids is 1. The Morgan fingerprint density at radius 2 is 2.08 bits per heavy atom. The molecule has 0 aromatic carbocycles. The Morgan fingerprint density at radius 3 is 2.38 bits per heavy atom. The number of ketones is 1. The van der Waals surface area contributed by atoms with Crippen LogP contribution in [0.2, 0.25) is 0 Å². The van der Waals surface area contributed by atoms with E-state index in [9.17, 15) is 14.4 Å². The summed E-state index contributed by atoms with van der Waals surface area (Å²) in [5.41, 5.74) is 0. The first kappa shape index (κ1) is 11.4. The lowest BCUT2D eigenvalue weighted by Gasteiger charge is -2.05. The minimum Gasteiger partial charge on any atom is -0.480 e. The van der Waals surface area contributed by atoms with Crippen molar-refractivity contribution >= 4 is 17.7 Å². The van der Waals surface area contributed by atoms with Crippen molar-refractivity contribution < 1.29 is 24.2 Å². The van der Waals surface area contributed by atoms with Crippen LogP contribution in [0, 0.1) is 5.92 Å². The van der Waals surface area contributed by atoms with Gasteiger partial charge in [0.25, 0.3) is 0 Å². The molecule has 1 unspecified atom stereocenters. The Hall–Kier alpha value is -1.65. The fourth-order valence-electron chi connectivity index (χ4n) is 0.633. The molecule has 0 saturated heterocycles. The molecule has 0 aliphatic carbocycles. The quantitative estimate of drug-likeness (QED) is 0.371. The SMILES string of the molecule is C=CC(C(=O)O)C(=O)COC(C)=O. The zero-order valence-corrected chi connectivity index (χ0v) is 7.15. The van der Waals surface area contributed by atoms with Gasteiger partial charge >= 0.3 is 11.9 Å². The van der Waals surface area contributed by atoms with Gasteiger partial charge in [-0.1, -0.05) is 6.08 Å². The van der Waals surface area contributed by atoms with Crippen molar-refractivity contribution in [3.8, 4) is 0 Å². The Kier molecular flexibility index (Phi) is 4.43. The van der Waals surface area contributed by atoms with Gasteiger partial charge in [-0.05, 0) is 0 Å². The third kappa shape index (κ3) is 4.05. The number of carbonyl (C=O) groups is 3. The molecular formula is C8H10O5. The fourth-order valence-corrected chi connectivity index (χ4v) is 0.633. The first-order valence-electron chi connectivity index (χ1n) is 3.50. The summed E-state index contributed by atoms with van der Waals surface area (Å²) >= 11 is 0. The number of ether oxygens (including phenoxy) is 1. The molecule has 0 aliphatic rings. The maximum absolute atomic E-state index is 11.0. The highest BCUT2D eigenvalue weighted by molar-refractivity contribution is 6.01. The molecule has 1 N–H and O–H groups in total. The molecule has 0 radical (unpaired) electrons. The van der Waals surface area contributed by atoms with Gasteiger partial charge in [-0.25, -0.2) is 0 Å². The molecule has 72 valence electrons. The van der Waals surface area contributed by atoms with Crippen LogP contribution in [0.5, 0.6) is 0 Å². The third-order valence-electron chi connectivity index (χ3n) is 1.27. The molecule has 0 aromatic heterocycles. The summed E-state index contributed by atoms with van der Waals surface area (Å²) in [5, 5.41) is 8.48. The van der Waals surface area contributed by atoms with Gasteiger partial charge in [0.1, 0.15) is 5.92 Å². The second-order valence-corrected chi connectivity index (χ2v) is 2.30. The molecule has 0 spiro atoms. The second-order valence-electron chi connectivity index (χ2n) is 2.30. The Bertz CT molecular complexity index is 243. The molecule has 0 bridgehead atoms. The molecule has 0 heterocycles. The van der Waals surface area contributed by atoms with Crippen molar-refractivity contribution in [3.05, 3.63) is 12.7 Å². The van der Waals surface area contributed by atoms with Crippen molar-refractivity contribution in [2.75, 3.05) is 6.61 Å². The number of aliphatic carboxylic acids is 1. The number of carbonyl (C=O) groups excluding carboxylic acids is 2. The van der Waals surface area contributed by atoms with Crippen LogP contribution in [-0.4, -0.2) is 29.4 Å². The van der Waals surface area contributed by atoms with E-state index in [0.717, 1.165) is 13.0 Å². The van der Waals surface area contributed by atoms with Crippen LogP contribution < -0.4 is 0 Å². The van der Waals surface area contributed by atoms with Crippen molar-refractivity contribution in [2.45, 2.75) is 6.92 Å². The molecule has 5 heteroatoms. The lowest BCUT2D eigenvalue weighted by atomic mass is 10.1. The Labute approximate surface area is 75.0 Å². The van der Waals surface area contributed by atoms with Gasteiger partial charge < -0.3 is 9.84 Å². The van der Waals surface area contributed by atoms with Crippen molar-refractivity contribution in [3.63, 3.8) is 0 Å². The molecule has 0 fully saturated rings. The lowest BCUT2D eigenvalue weighted by molar-refractivity contribution is -0.151. The van der Waals surface area contributed by atoms with Gasteiger partial charge in [-0.15, -0.1) is 6.58 Å². The van der Waals surface area contributed by atoms with Crippen LogP contribution in [0.1, 0.15) is 6.92 Å². The minimum atomic E-state index is -1.31. The largest absolute Gasteiger partial charge is 0.480 e. The van der Waals surface area contributed by atoms with Gasteiger partial charge in [-0.3, -0.25) is 14.4 Å². The monoisotopic (exact) mass is 186 g/mol. The van der Waals surface area contributed by atoms with E-state index < -0.39 is 30.2 Å². The van der Waals surface area contributed by atoms with Gasteiger partial charge in [0.2, 0.25) is 0 Å². The maximum atomic E-state index is 11.0. The molecule has 0 rings (SSSR count). The summed E-state index contributed by atoms with van der Waals surface area (Å²) in [5.74, 6) is -3.93. The molecule has 0 aliphatic heterocycles. The summed E-state index contributed by atoms with van der Waals surface area (Å²) in [6.45, 7) is 3.79. The Morgan fingerprint density at radius 1 is 1.54 bits per heavy atom. The number of hydrogen-bond acceptors (Lipinski definition) is 4. The number of rotatable bonds is 5. The highest BCUT2D eigenvalue weighted by Gasteiger charge is 2.22. The van der Waals surface area contributed by atoms with Crippen molar-refractivity contribution in [2.24, 2.45) is 5.92 Å². The van der Waals surface area contributed by atoms with E-state index in [1.54, 1.807) is 0 Å². The molecule has 0 saturated carbocycles. The van der Waals surface area contributed by atoms with Crippen LogP contribution in [0.15, 0.2) is 12.7 Å². The second kappa shape index (κ2) is 5.08. The predicted octanol–water partition coefficient (Wildman–Crippen LogP) is 0.00540. The zero-order valence-electron chi connectivity index (χ0n) is 7.15. The Balaban J connectivity index is 4.15. The van der Waals surface area contributed by atoms with E-state index in [-0.39, 0.29) is 0 Å². The minimum absolute atomic E-state index is 0.529. The van der Waals surface area contributed by atoms with E-state index >= 15 is 0 Å². The van der Waals surface area contributed by atoms with Crippen molar-refractivity contribution in [1.82, 2.24) is 0 Å². The van der Waals surface area contributed by atoms with E-state index in [1.807, 2.05) is 0 Å². The van der Waals surface area contributed by atoms with E-state index in [2.05, 4.69) is 11.3 Å². The lowest BCUT2D eigenvalue weighted by Crippen LogP contribution is -2.26. The molecule has 5 nitrogen and oxygen atoms in total. The average molecular weight is 186 g/mol. The standard InChI is InChI=1S/C8H10O5/c1-3-6(8(11)12)7(10)4-13-5(2)9/h3,6H,1,4H2,2H3,(H,11,12). The van der Waals surface area contributed by atoms with E-state index in [4.69, 9.17) is 5.11 Å². The van der Waals surface area contributed by atoms with Crippen LogP contribution >= 0.6 is 0 Å². The van der Waals surface area contributed by atoms with Crippen LogP contribution in [0.3, 0.4) is 0 Å². The first-order valence-corrected chi connectivity index (χ1v) is 3.50. The normalized spacial score (nSPS) is 11.5. The molecule has 1 atom stereocenters. The van der Waals surface area contributed by atoms with E-state index in [1.165, 1.54) is 0 Å². The number of hydrogen-bond donors (Lipinski definition) is 1. The highest BCUT2D eigenvalue weighted by Crippen LogP contribution is 2.00. The summed E-state index contributed by atoms with van der Waals surface area (Å²) < 4.78 is 4.34. The number of carboxylic acid groups (broad SMARTS) is 1. The van der Waals surface area contributed by atoms with Crippen LogP contribution in [-0.2, 0) is 19.1 Å². The highest BCUT2D eigenvalue weighted by atomic mass is 16.5. The third-order valence-corrected chi connectivity index (χ3v) is 1.27.